The van der Waals surface area contributed by atoms with Crippen LogP contribution in [0.4, 0.5) is 5.69 Å². The number of methoxy groups -OCH3 is 2. The molecule has 0 unspecified atom stereocenters. The standard InChI is InChI=1S/C23H20N2O4/c1-28-20-9-3-16(15-21(20)29-2)4-10-22(26)25-19-7-5-17(6-8-19)23(27)18-11-13-24-14-12-18/h3-15H,1-2H3,(H,25,26)/b10-4-. The largest absolute Gasteiger partial charge is 0.493 e. The van der Waals surface area contributed by atoms with Crippen LogP contribution in [-0.2, 0) is 4.79 Å². The number of pyridine rings is 1. The van der Waals surface area contributed by atoms with E-state index < -0.39 is 0 Å². The topological polar surface area (TPSA) is 77.5 Å². The number of ether oxygens (including phenoxy) is 2. The van der Waals surface area contributed by atoms with Crippen molar-refractivity contribution < 1.29 is 19.1 Å². The molecule has 3 aromatic rings. The summed E-state index contributed by atoms with van der Waals surface area (Å²) < 4.78 is 10.4. The van der Waals surface area contributed by atoms with Gasteiger partial charge < -0.3 is 14.8 Å². The molecule has 0 aliphatic heterocycles. The number of hydrogen-bond acceptors (Lipinski definition) is 5. The molecule has 0 aliphatic carbocycles. The van der Waals surface area contributed by atoms with Crippen LogP contribution in [0.3, 0.4) is 0 Å². The lowest BCUT2D eigenvalue weighted by Crippen LogP contribution is -2.08. The Bertz CT molecular complexity index is 1030. The Kier molecular flexibility index (Phi) is 6.37. The third-order valence-corrected chi connectivity index (χ3v) is 4.19. The van der Waals surface area contributed by atoms with Gasteiger partial charge in [-0.15, -0.1) is 0 Å². The van der Waals surface area contributed by atoms with Crippen LogP contribution in [0.1, 0.15) is 21.5 Å². The number of amides is 1. The minimum Gasteiger partial charge on any atom is -0.493 e. The number of aromatic nitrogens is 1. The molecule has 1 aromatic heterocycles. The number of hydrogen-bond donors (Lipinski definition) is 1. The average Bonchev–Trinajstić information content (AvgIpc) is 2.78. The van der Waals surface area contributed by atoms with Gasteiger partial charge in [0.2, 0.25) is 5.91 Å². The second-order valence-corrected chi connectivity index (χ2v) is 6.08. The van der Waals surface area contributed by atoms with Gasteiger partial charge in [0, 0.05) is 35.3 Å². The molecule has 0 spiro atoms. The van der Waals surface area contributed by atoms with Crippen molar-refractivity contribution in [1.29, 1.82) is 0 Å². The molecule has 1 N–H and O–H groups in total. The monoisotopic (exact) mass is 388 g/mol. The number of carbonyl (C=O) groups excluding carboxylic acids is 2. The van der Waals surface area contributed by atoms with Crippen LogP contribution in [0.5, 0.6) is 11.5 Å². The lowest BCUT2D eigenvalue weighted by atomic mass is 10.0. The molecule has 0 aliphatic rings. The molecule has 2 aromatic carbocycles. The quantitative estimate of drug-likeness (QED) is 0.489. The van der Waals surface area contributed by atoms with E-state index in [0.717, 1.165) is 5.56 Å². The first-order valence-corrected chi connectivity index (χ1v) is 8.86. The highest BCUT2D eigenvalue weighted by molar-refractivity contribution is 6.09. The number of nitrogens with zero attached hydrogens (tertiary/aromatic N) is 1. The Morgan fingerprint density at radius 2 is 1.52 bits per heavy atom. The zero-order valence-electron chi connectivity index (χ0n) is 16.1. The highest BCUT2D eigenvalue weighted by Gasteiger charge is 2.09. The summed E-state index contributed by atoms with van der Waals surface area (Å²) in [6, 6.07) is 15.4. The summed E-state index contributed by atoms with van der Waals surface area (Å²) in [6.07, 6.45) is 6.26. The first-order chi connectivity index (χ1) is 14.1. The lowest BCUT2D eigenvalue weighted by molar-refractivity contribution is -0.111. The molecule has 0 bridgehead atoms. The molecule has 0 atom stereocenters. The zero-order chi connectivity index (χ0) is 20.6. The smallest absolute Gasteiger partial charge is 0.248 e. The third kappa shape index (κ3) is 5.07. The van der Waals surface area contributed by atoms with Gasteiger partial charge in [-0.25, -0.2) is 0 Å². The van der Waals surface area contributed by atoms with Gasteiger partial charge >= 0.3 is 0 Å². The molecule has 0 saturated carbocycles. The Hall–Kier alpha value is -3.93. The zero-order valence-corrected chi connectivity index (χ0v) is 16.1. The molecule has 1 amide bonds. The van der Waals surface area contributed by atoms with Gasteiger partial charge in [-0.05, 0) is 60.2 Å². The van der Waals surface area contributed by atoms with Crippen LogP contribution in [0.2, 0.25) is 0 Å². The van der Waals surface area contributed by atoms with Crippen molar-refractivity contribution in [2.75, 3.05) is 19.5 Å². The number of anilines is 1. The highest BCUT2D eigenvalue weighted by Crippen LogP contribution is 2.28. The summed E-state index contributed by atoms with van der Waals surface area (Å²) in [5.41, 5.74) is 2.50. The van der Waals surface area contributed by atoms with Gasteiger partial charge in [-0.1, -0.05) is 6.07 Å². The molecule has 3 rings (SSSR count). The Morgan fingerprint density at radius 1 is 0.862 bits per heavy atom. The average molecular weight is 388 g/mol. The number of nitrogens with one attached hydrogen (secondary N) is 1. The van der Waals surface area contributed by atoms with E-state index in [9.17, 15) is 9.59 Å². The van der Waals surface area contributed by atoms with Crippen molar-refractivity contribution in [2.24, 2.45) is 0 Å². The second kappa shape index (κ2) is 9.32. The number of benzene rings is 2. The molecular weight excluding hydrogens is 368 g/mol. The van der Waals surface area contributed by atoms with Crippen LogP contribution in [0.25, 0.3) is 6.08 Å². The summed E-state index contributed by atoms with van der Waals surface area (Å²) in [7, 11) is 3.12. The fraction of sp³-hybridized carbons (Fsp3) is 0.0870. The van der Waals surface area contributed by atoms with Crippen LogP contribution in [-0.4, -0.2) is 30.9 Å². The van der Waals surface area contributed by atoms with Gasteiger partial charge in [0.15, 0.2) is 17.3 Å². The third-order valence-electron chi connectivity index (χ3n) is 4.19. The SMILES string of the molecule is COc1ccc(/C=C\C(=O)Nc2ccc(C(=O)c3ccncc3)cc2)cc1OC. The van der Waals surface area contributed by atoms with Crippen LogP contribution in [0, 0.1) is 0 Å². The van der Waals surface area contributed by atoms with Crippen LogP contribution < -0.4 is 14.8 Å². The molecule has 6 nitrogen and oxygen atoms in total. The van der Waals surface area contributed by atoms with E-state index in [2.05, 4.69) is 10.3 Å². The molecule has 29 heavy (non-hydrogen) atoms. The van der Waals surface area contributed by atoms with E-state index in [1.165, 1.54) is 6.08 Å². The molecule has 0 fully saturated rings. The van der Waals surface area contributed by atoms with Gasteiger partial charge in [0.05, 0.1) is 14.2 Å². The summed E-state index contributed by atoms with van der Waals surface area (Å²) in [5, 5.41) is 2.77. The highest BCUT2D eigenvalue weighted by atomic mass is 16.5. The van der Waals surface area contributed by atoms with Gasteiger partial charge in [-0.2, -0.15) is 0 Å². The van der Waals surface area contributed by atoms with E-state index in [1.54, 1.807) is 81.2 Å². The Balaban J connectivity index is 1.64. The maximum absolute atomic E-state index is 12.4. The normalized spacial score (nSPS) is 10.6. The predicted molar refractivity (Wildman–Crippen MR) is 111 cm³/mol. The summed E-state index contributed by atoms with van der Waals surface area (Å²) in [5.74, 6) is 0.826. The lowest BCUT2D eigenvalue weighted by Gasteiger charge is -2.07. The molecule has 1 heterocycles. The number of rotatable bonds is 7. The van der Waals surface area contributed by atoms with Crippen molar-refractivity contribution in [1.82, 2.24) is 4.98 Å². The van der Waals surface area contributed by atoms with Gasteiger partial charge in [-0.3, -0.25) is 14.6 Å². The summed E-state index contributed by atoms with van der Waals surface area (Å²) >= 11 is 0. The first kappa shape index (κ1) is 19.8. The van der Waals surface area contributed by atoms with Crippen molar-refractivity contribution in [2.45, 2.75) is 0 Å². The molecule has 6 heteroatoms. The van der Waals surface area contributed by atoms with E-state index in [-0.39, 0.29) is 11.7 Å². The van der Waals surface area contributed by atoms with Crippen molar-refractivity contribution in [3.05, 3.63) is 89.8 Å². The van der Waals surface area contributed by atoms with Crippen LogP contribution >= 0.6 is 0 Å². The van der Waals surface area contributed by atoms with E-state index >= 15 is 0 Å². The fourth-order valence-electron chi connectivity index (χ4n) is 2.69. The van der Waals surface area contributed by atoms with E-state index in [4.69, 9.17) is 9.47 Å². The minimum absolute atomic E-state index is 0.0985. The number of ketones is 1. The van der Waals surface area contributed by atoms with Crippen molar-refractivity contribution in [3.63, 3.8) is 0 Å². The Morgan fingerprint density at radius 3 is 2.17 bits per heavy atom. The summed E-state index contributed by atoms with van der Waals surface area (Å²) in [4.78, 5) is 28.5. The van der Waals surface area contributed by atoms with Crippen molar-refractivity contribution >= 4 is 23.5 Å². The van der Waals surface area contributed by atoms with Gasteiger partial charge in [0.1, 0.15) is 0 Å². The Labute approximate surface area is 168 Å². The first-order valence-electron chi connectivity index (χ1n) is 8.86. The molecule has 0 radical (unpaired) electrons. The summed E-state index contributed by atoms with van der Waals surface area (Å²) in [6.45, 7) is 0. The van der Waals surface area contributed by atoms with Crippen LogP contribution in [0.15, 0.2) is 73.1 Å². The van der Waals surface area contributed by atoms with Gasteiger partial charge in [0.25, 0.3) is 0 Å². The molecule has 146 valence electrons. The maximum Gasteiger partial charge on any atom is 0.248 e. The predicted octanol–water partition coefficient (Wildman–Crippen LogP) is 3.98. The minimum atomic E-state index is -0.284. The maximum atomic E-state index is 12.4. The van der Waals surface area contributed by atoms with E-state index in [1.807, 2.05) is 6.07 Å². The molecule has 0 saturated heterocycles. The van der Waals surface area contributed by atoms with Crippen molar-refractivity contribution in [3.8, 4) is 11.5 Å². The number of carbonyl (C=O) groups is 2. The fourth-order valence-corrected chi connectivity index (χ4v) is 2.69. The van der Waals surface area contributed by atoms with E-state index in [0.29, 0.717) is 28.3 Å². The second-order valence-electron chi connectivity index (χ2n) is 6.08. The molecular formula is C23H20N2O4.